The van der Waals surface area contributed by atoms with Gasteiger partial charge in [-0.1, -0.05) is 0 Å². The smallest absolute Gasteiger partial charge is 0.359 e. The maximum absolute atomic E-state index is 12.9. The predicted octanol–water partition coefficient (Wildman–Crippen LogP) is 3.36. The number of aromatic nitrogens is 1. The topological polar surface area (TPSA) is 34.0 Å². The van der Waals surface area contributed by atoms with Crippen LogP contribution >= 0.6 is 0 Å². The highest BCUT2D eigenvalue weighted by atomic mass is 19.4. The van der Waals surface area contributed by atoms with Crippen molar-refractivity contribution in [2.24, 2.45) is 7.05 Å². The van der Waals surface area contributed by atoms with Crippen LogP contribution in [0.5, 0.6) is 0 Å². The highest BCUT2D eigenvalue weighted by molar-refractivity contribution is 5.93. The van der Waals surface area contributed by atoms with Crippen LogP contribution in [0.3, 0.4) is 0 Å². The highest BCUT2D eigenvalue weighted by Gasteiger charge is 2.32. The number of halogens is 3. The lowest BCUT2D eigenvalue weighted by molar-refractivity contribution is -0.137. The minimum atomic E-state index is -4.40. The molecule has 0 aliphatic heterocycles. The summed E-state index contributed by atoms with van der Waals surface area (Å²) in [6.07, 6.45) is -4.40. The number of hydrogen-bond acceptors (Lipinski definition) is 1. The van der Waals surface area contributed by atoms with Crippen LogP contribution in [0.4, 0.5) is 13.2 Å². The number of aryl methyl sites for hydroxylation is 1. The van der Waals surface area contributed by atoms with Gasteiger partial charge in [-0.25, -0.2) is 0 Å². The zero-order valence-electron chi connectivity index (χ0n) is 12.3. The van der Waals surface area contributed by atoms with E-state index in [-0.39, 0.29) is 5.91 Å². The predicted molar refractivity (Wildman–Crippen MR) is 75.1 cm³/mol. The number of likely N-dealkylation sites (N-methyl/N-ethyl adjacent to an activating group) is 1. The monoisotopic (exact) mass is 298 g/mol. The van der Waals surface area contributed by atoms with Crippen LogP contribution in [0.25, 0.3) is 10.9 Å². The van der Waals surface area contributed by atoms with Crippen molar-refractivity contribution >= 4 is 16.8 Å². The molecule has 0 saturated heterocycles. The number of carbonyl (C=O) groups excluding carboxylic acids is 1. The summed E-state index contributed by atoms with van der Waals surface area (Å²) in [6, 6.07) is 3.64. The molecule has 6 heteroatoms. The number of hydrogen-bond donors (Lipinski definition) is 1. The molecule has 1 N–H and O–H groups in total. The van der Waals surface area contributed by atoms with Gasteiger partial charge in [-0.2, -0.15) is 13.2 Å². The van der Waals surface area contributed by atoms with Crippen molar-refractivity contribution in [2.75, 3.05) is 7.05 Å². The second-order valence-corrected chi connectivity index (χ2v) is 5.12. The average Bonchev–Trinajstić information content (AvgIpc) is 2.68. The number of alkyl halides is 3. The van der Waals surface area contributed by atoms with Crippen molar-refractivity contribution in [1.29, 1.82) is 0 Å². The molecule has 1 aromatic carbocycles. The summed E-state index contributed by atoms with van der Waals surface area (Å²) < 4.78 is 40.5. The maximum atomic E-state index is 12.9. The second kappa shape index (κ2) is 5.09. The quantitative estimate of drug-likeness (QED) is 0.906. The largest absolute Gasteiger partial charge is 0.416 e. The number of nitrogens with zero attached hydrogens (tertiary/aromatic N) is 1. The van der Waals surface area contributed by atoms with Gasteiger partial charge in [-0.15, -0.1) is 0 Å². The summed E-state index contributed by atoms with van der Waals surface area (Å²) >= 11 is 0. The zero-order chi connectivity index (χ0) is 15.9. The van der Waals surface area contributed by atoms with Crippen LogP contribution in [0.15, 0.2) is 18.2 Å². The van der Waals surface area contributed by atoms with E-state index >= 15 is 0 Å². The van der Waals surface area contributed by atoms with Gasteiger partial charge in [0.2, 0.25) is 5.91 Å². The third-order valence-electron chi connectivity index (χ3n) is 3.94. The molecule has 1 unspecified atom stereocenters. The van der Waals surface area contributed by atoms with Gasteiger partial charge in [-0.3, -0.25) is 4.79 Å². The molecular formula is C15H17F3N2O. The Hall–Kier alpha value is -1.98. The number of nitrogens with one attached hydrogen (secondary N) is 1. The SMILES string of the molecule is CNC(=O)C(C)c1c(C)n(C)c2ccc(C(F)(F)F)cc12. The number of fused-ring (bicyclic) bond motifs is 1. The van der Waals surface area contributed by atoms with Crippen LogP contribution in [0.2, 0.25) is 0 Å². The molecule has 2 aromatic rings. The maximum Gasteiger partial charge on any atom is 0.416 e. The Morgan fingerprint density at radius 1 is 1.33 bits per heavy atom. The molecule has 3 nitrogen and oxygen atoms in total. The molecule has 0 bridgehead atoms. The number of amides is 1. The number of carbonyl (C=O) groups is 1. The molecule has 0 saturated carbocycles. The lowest BCUT2D eigenvalue weighted by atomic mass is 9.96. The normalized spacial score (nSPS) is 13.5. The summed E-state index contributed by atoms with van der Waals surface area (Å²) in [5.41, 5.74) is 1.41. The van der Waals surface area contributed by atoms with Crippen LogP contribution in [0, 0.1) is 6.92 Å². The van der Waals surface area contributed by atoms with Gasteiger partial charge in [0.15, 0.2) is 0 Å². The highest BCUT2D eigenvalue weighted by Crippen LogP contribution is 2.36. The molecule has 0 spiro atoms. The van der Waals surface area contributed by atoms with E-state index in [1.54, 1.807) is 14.0 Å². The lowest BCUT2D eigenvalue weighted by Crippen LogP contribution is -2.24. The van der Waals surface area contributed by atoms with E-state index in [1.165, 1.54) is 13.1 Å². The minimum Gasteiger partial charge on any atom is -0.359 e. The molecule has 1 amide bonds. The fourth-order valence-corrected chi connectivity index (χ4v) is 2.67. The van der Waals surface area contributed by atoms with E-state index in [1.807, 2.05) is 11.5 Å². The number of benzene rings is 1. The van der Waals surface area contributed by atoms with E-state index in [0.717, 1.165) is 17.8 Å². The van der Waals surface area contributed by atoms with Gasteiger partial charge in [0.25, 0.3) is 0 Å². The molecule has 1 heterocycles. The number of rotatable bonds is 2. The van der Waals surface area contributed by atoms with Crippen molar-refractivity contribution in [3.8, 4) is 0 Å². The first-order valence-electron chi connectivity index (χ1n) is 6.56. The van der Waals surface area contributed by atoms with Crippen molar-refractivity contribution < 1.29 is 18.0 Å². The fraction of sp³-hybridized carbons (Fsp3) is 0.400. The van der Waals surface area contributed by atoms with Crippen LogP contribution in [-0.2, 0) is 18.0 Å². The molecule has 0 radical (unpaired) electrons. The van der Waals surface area contributed by atoms with Crippen molar-refractivity contribution in [3.05, 3.63) is 35.0 Å². The molecule has 1 aromatic heterocycles. The summed E-state index contributed by atoms with van der Waals surface area (Å²) in [6.45, 7) is 3.50. The molecule has 114 valence electrons. The third kappa shape index (κ3) is 2.50. The minimum absolute atomic E-state index is 0.219. The van der Waals surface area contributed by atoms with E-state index in [2.05, 4.69) is 5.32 Å². The zero-order valence-corrected chi connectivity index (χ0v) is 12.3. The van der Waals surface area contributed by atoms with E-state index in [4.69, 9.17) is 0 Å². The molecule has 0 aliphatic carbocycles. The van der Waals surface area contributed by atoms with Crippen molar-refractivity contribution in [2.45, 2.75) is 25.9 Å². The Morgan fingerprint density at radius 3 is 2.48 bits per heavy atom. The summed E-state index contributed by atoms with van der Waals surface area (Å²) in [5, 5.41) is 3.01. The molecule has 2 rings (SSSR count). The van der Waals surface area contributed by atoms with Crippen LogP contribution in [-0.4, -0.2) is 17.5 Å². The van der Waals surface area contributed by atoms with Gasteiger partial charge < -0.3 is 9.88 Å². The molecule has 1 atom stereocenters. The first-order chi connectivity index (χ1) is 9.68. The Morgan fingerprint density at radius 2 is 1.95 bits per heavy atom. The Kier molecular flexibility index (Phi) is 3.74. The standard InChI is InChI=1S/C15H17F3N2O/c1-8(14(21)19-3)13-9(2)20(4)12-6-5-10(7-11(12)13)15(16,17)18/h5-8H,1-4H3,(H,19,21). The Balaban J connectivity index is 2.74. The summed E-state index contributed by atoms with van der Waals surface area (Å²) in [7, 11) is 3.30. The van der Waals surface area contributed by atoms with Crippen molar-refractivity contribution in [1.82, 2.24) is 9.88 Å². The Labute approximate surface area is 120 Å². The molecular weight excluding hydrogens is 281 g/mol. The molecule has 0 aliphatic rings. The van der Waals surface area contributed by atoms with Gasteiger partial charge >= 0.3 is 6.18 Å². The first kappa shape index (κ1) is 15.4. The van der Waals surface area contributed by atoms with Crippen LogP contribution in [0.1, 0.15) is 29.7 Å². The second-order valence-electron chi connectivity index (χ2n) is 5.12. The van der Waals surface area contributed by atoms with E-state index in [0.29, 0.717) is 16.5 Å². The molecule has 21 heavy (non-hydrogen) atoms. The summed E-state index contributed by atoms with van der Waals surface area (Å²) in [5.74, 6) is -0.731. The molecule has 0 fully saturated rings. The van der Waals surface area contributed by atoms with Crippen LogP contribution < -0.4 is 5.32 Å². The lowest BCUT2D eigenvalue weighted by Gasteiger charge is -2.12. The van der Waals surface area contributed by atoms with Gasteiger partial charge in [0.1, 0.15) is 0 Å². The van der Waals surface area contributed by atoms with Gasteiger partial charge in [0.05, 0.1) is 11.5 Å². The summed E-state index contributed by atoms with van der Waals surface area (Å²) in [4.78, 5) is 11.9. The van der Waals surface area contributed by atoms with E-state index in [9.17, 15) is 18.0 Å². The van der Waals surface area contributed by atoms with Gasteiger partial charge in [-0.05, 0) is 37.6 Å². The Bertz CT molecular complexity index is 701. The average molecular weight is 298 g/mol. The first-order valence-corrected chi connectivity index (χ1v) is 6.56. The third-order valence-corrected chi connectivity index (χ3v) is 3.94. The van der Waals surface area contributed by atoms with Gasteiger partial charge in [0, 0.05) is 30.7 Å². The fourth-order valence-electron chi connectivity index (χ4n) is 2.67. The van der Waals surface area contributed by atoms with Crippen molar-refractivity contribution in [3.63, 3.8) is 0 Å². The van der Waals surface area contributed by atoms with E-state index < -0.39 is 17.7 Å².